The molecule has 0 saturated heterocycles. The zero-order chi connectivity index (χ0) is 22.9. The summed E-state index contributed by atoms with van der Waals surface area (Å²) in [7, 11) is 0. The van der Waals surface area contributed by atoms with Gasteiger partial charge in [-0.05, 0) is 74.9 Å². The Hall–Kier alpha value is -3.87. The number of nitrogens with zero attached hydrogens (tertiary/aromatic N) is 3. The second-order valence-corrected chi connectivity index (χ2v) is 7.12. The molecule has 0 unspecified atom stereocenters. The molecule has 1 N–H and O–H groups in total. The lowest BCUT2D eigenvalue weighted by atomic mass is 10.1. The van der Waals surface area contributed by atoms with Gasteiger partial charge in [-0.2, -0.15) is 5.10 Å². The molecule has 166 valence electrons. The second kappa shape index (κ2) is 10.9. The van der Waals surface area contributed by atoms with E-state index in [9.17, 15) is 9.59 Å². The van der Waals surface area contributed by atoms with Crippen molar-refractivity contribution in [2.45, 2.75) is 20.8 Å². The number of para-hydroxylation sites is 1. The van der Waals surface area contributed by atoms with Gasteiger partial charge in [-0.3, -0.25) is 9.59 Å². The van der Waals surface area contributed by atoms with E-state index in [0.717, 1.165) is 11.3 Å². The average Bonchev–Trinajstić information content (AvgIpc) is 3.37. The maximum atomic E-state index is 12.7. The van der Waals surface area contributed by atoms with Crippen molar-refractivity contribution in [1.29, 1.82) is 0 Å². The van der Waals surface area contributed by atoms with Crippen LogP contribution in [0.2, 0.25) is 0 Å². The summed E-state index contributed by atoms with van der Waals surface area (Å²) in [6, 6.07) is 18.4. The fraction of sp³-hybridized carbons (Fsp3) is 0.240. The minimum absolute atomic E-state index is 0.00492. The largest absolute Gasteiger partial charge is 0.484 e. The van der Waals surface area contributed by atoms with Gasteiger partial charge in [0.1, 0.15) is 5.75 Å². The van der Waals surface area contributed by atoms with Gasteiger partial charge in [-0.25, -0.2) is 5.43 Å². The molecule has 0 bridgehead atoms. The number of carbonyl (C=O) groups excluding carboxylic acids is 2. The zero-order valence-corrected chi connectivity index (χ0v) is 18.6. The SMILES string of the molecule is CCN(CC)C(=O)COc1ccc(/C(C)=N\NC(=O)c2ccccc2-n2cccc2)cc1. The molecular weight excluding hydrogens is 404 g/mol. The Labute approximate surface area is 188 Å². The van der Waals surface area contributed by atoms with E-state index < -0.39 is 0 Å². The summed E-state index contributed by atoms with van der Waals surface area (Å²) >= 11 is 0. The number of likely N-dealkylation sites (N-methyl/N-ethyl adjacent to an activating group) is 1. The summed E-state index contributed by atoms with van der Waals surface area (Å²) in [6.45, 7) is 7.03. The van der Waals surface area contributed by atoms with Crippen LogP contribution >= 0.6 is 0 Å². The molecule has 7 nitrogen and oxygen atoms in total. The van der Waals surface area contributed by atoms with Gasteiger partial charge < -0.3 is 14.2 Å². The normalized spacial score (nSPS) is 11.2. The Bertz CT molecular complexity index is 1070. The third-order valence-electron chi connectivity index (χ3n) is 5.11. The van der Waals surface area contributed by atoms with E-state index in [0.29, 0.717) is 30.1 Å². The van der Waals surface area contributed by atoms with E-state index in [-0.39, 0.29) is 18.4 Å². The lowest BCUT2D eigenvalue weighted by Gasteiger charge is -2.18. The molecule has 32 heavy (non-hydrogen) atoms. The van der Waals surface area contributed by atoms with Gasteiger partial charge in [0.15, 0.2) is 6.61 Å². The Morgan fingerprint density at radius 3 is 2.28 bits per heavy atom. The fourth-order valence-corrected chi connectivity index (χ4v) is 3.25. The average molecular weight is 433 g/mol. The number of aromatic nitrogens is 1. The first-order valence-corrected chi connectivity index (χ1v) is 10.6. The molecule has 0 aliphatic heterocycles. The van der Waals surface area contributed by atoms with Crippen LogP contribution in [0.5, 0.6) is 5.75 Å². The lowest BCUT2D eigenvalue weighted by Crippen LogP contribution is -2.34. The molecule has 7 heteroatoms. The summed E-state index contributed by atoms with van der Waals surface area (Å²) in [4.78, 5) is 26.5. The number of amides is 2. The smallest absolute Gasteiger partial charge is 0.273 e. The Morgan fingerprint density at radius 1 is 0.969 bits per heavy atom. The Morgan fingerprint density at radius 2 is 1.62 bits per heavy atom. The highest BCUT2D eigenvalue weighted by atomic mass is 16.5. The molecule has 0 saturated carbocycles. The van der Waals surface area contributed by atoms with Crippen LogP contribution < -0.4 is 10.2 Å². The molecule has 3 aromatic rings. The highest BCUT2D eigenvalue weighted by Crippen LogP contribution is 2.15. The van der Waals surface area contributed by atoms with Crippen LogP contribution in [0, 0.1) is 0 Å². The molecule has 0 atom stereocenters. The molecule has 0 aliphatic rings. The van der Waals surface area contributed by atoms with E-state index in [1.54, 1.807) is 23.1 Å². The van der Waals surface area contributed by atoms with E-state index in [4.69, 9.17) is 4.74 Å². The Balaban J connectivity index is 1.62. The van der Waals surface area contributed by atoms with Gasteiger partial charge in [-0.15, -0.1) is 0 Å². The highest BCUT2D eigenvalue weighted by molar-refractivity contribution is 6.02. The zero-order valence-electron chi connectivity index (χ0n) is 18.6. The molecular formula is C25H28N4O3. The first-order valence-electron chi connectivity index (χ1n) is 10.6. The van der Waals surface area contributed by atoms with Crippen molar-refractivity contribution in [3.8, 4) is 11.4 Å². The van der Waals surface area contributed by atoms with Gasteiger partial charge >= 0.3 is 0 Å². The van der Waals surface area contributed by atoms with Crippen LogP contribution in [0.1, 0.15) is 36.7 Å². The minimum Gasteiger partial charge on any atom is -0.484 e. The van der Waals surface area contributed by atoms with Gasteiger partial charge in [0.25, 0.3) is 11.8 Å². The molecule has 1 heterocycles. The van der Waals surface area contributed by atoms with Crippen molar-refractivity contribution in [2.24, 2.45) is 5.10 Å². The van der Waals surface area contributed by atoms with Crippen molar-refractivity contribution < 1.29 is 14.3 Å². The number of hydrogen-bond donors (Lipinski definition) is 1. The van der Waals surface area contributed by atoms with Crippen molar-refractivity contribution in [1.82, 2.24) is 14.9 Å². The van der Waals surface area contributed by atoms with Crippen LogP contribution in [0.3, 0.4) is 0 Å². The molecule has 0 radical (unpaired) electrons. The van der Waals surface area contributed by atoms with E-state index in [2.05, 4.69) is 10.5 Å². The quantitative estimate of drug-likeness (QED) is 0.412. The van der Waals surface area contributed by atoms with Crippen molar-refractivity contribution >= 4 is 17.5 Å². The third-order valence-corrected chi connectivity index (χ3v) is 5.11. The monoisotopic (exact) mass is 432 g/mol. The number of carbonyl (C=O) groups is 2. The molecule has 2 amide bonds. The number of rotatable bonds is 9. The maximum absolute atomic E-state index is 12.7. The second-order valence-electron chi connectivity index (χ2n) is 7.12. The van der Waals surface area contributed by atoms with Gasteiger partial charge in [0.2, 0.25) is 0 Å². The number of hydrogen-bond acceptors (Lipinski definition) is 4. The summed E-state index contributed by atoms with van der Waals surface area (Å²) in [5, 5.41) is 4.25. The fourth-order valence-electron chi connectivity index (χ4n) is 3.25. The van der Waals surface area contributed by atoms with Gasteiger partial charge in [0, 0.05) is 25.5 Å². The number of hydrazone groups is 1. The molecule has 2 aromatic carbocycles. The summed E-state index contributed by atoms with van der Waals surface area (Å²) in [5.41, 5.74) is 5.44. The third kappa shape index (κ3) is 5.63. The number of benzene rings is 2. The summed E-state index contributed by atoms with van der Waals surface area (Å²) in [5.74, 6) is 0.273. The molecule has 0 spiro atoms. The molecule has 3 rings (SSSR count). The predicted octanol–water partition coefficient (Wildman–Crippen LogP) is 3.88. The van der Waals surface area contributed by atoms with Crippen molar-refractivity contribution in [3.63, 3.8) is 0 Å². The maximum Gasteiger partial charge on any atom is 0.273 e. The standard InChI is InChI=1S/C25H28N4O3/c1-4-28(5-2)24(30)18-32-21-14-12-20(13-15-21)19(3)26-27-25(31)22-10-6-7-11-23(22)29-16-8-9-17-29/h6-17H,4-5,18H2,1-3H3,(H,27,31)/b26-19-. The van der Waals surface area contributed by atoms with Crippen molar-refractivity contribution in [3.05, 3.63) is 84.2 Å². The summed E-state index contributed by atoms with van der Waals surface area (Å²) in [6.07, 6.45) is 3.78. The number of ether oxygens (including phenoxy) is 1. The topological polar surface area (TPSA) is 75.9 Å². The first kappa shape index (κ1) is 22.8. The molecule has 1 aromatic heterocycles. The van der Waals surface area contributed by atoms with Crippen LogP contribution in [0.4, 0.5) is 0 Å². The minimum atomic E-state index is -0.288. The predicted molar refractivity (Wildman–Crippen MR) is 125 cm³/mol. The van der Waals surface area contributed by atoms with Crippen LogP contribution in [0.15, 0.2) is 78.2 Å². The van der Waals surface area contributed by atoms with E-state index in [1.165, 1.54) is 0 Å². The molecule has 0 fully saturated rings. The molecule has 0 aliphatic carbocycles. The number of nitrogens with one attached hydrogen (secondary N) is 1. The highest BCUT2D eigenvalue weighted by Gasteiger charge is 2.12. The van der Waals surface area contributed by atoms with Crippen LogP contribution in [-0.4, -0.2) is 46.7 Å². The summed E-state index contributed by atoms with van der Waals surface area (Å²) < 4.78 is 7.47. The van der Waals surface area contributed by atoms with E-state index >= 15 is 0 Å². The Kier molecular flexibility index (Phi) is 7.80. The van der Waals surface area contributed by atoms with Crippen LogP contribution in [-0.2, 0) is 4.79 Å². The van der Waals surface area contributed by atoms with Gasteiger partial charge in [0.05, 0.1) is 17.0 Å². The lowest BCUT2D eigenvalue weighted by molar-refractivity contribution is -0.132. The van der Waals surface area contributed by atoms with Crippen LogP contribution in [0.25, 0.3) is 5.69 Å². The van der Waals surface area contributed by atoms with E-state index in [1.807, 2.05) is 80.2 Å². The van der Waals surface area contributed by atoms with Gasteiger partial charge in [-0.1, -0.05) is 12.1 Å². The van der Waals surface area contributed by atoms with Crippen molar-refractivity contribution in [2.75, 3.05) is 19.7 Å². The first-order chi connectivity index (χ1) is 15.5.